The van der Waals surface area contributed by atoms with Gasteiger partial charge in [0.2, 0.25) is 0 Å². The third kappa shape index (κ3) is 4.97. The number of carbonyl (C=O) groups excluding carboxylic acids is 1. The van der Waals surface area contributed by atoms with E-state index in [4.69, 9.17) is 19.2 Å². The molecule has 158 valence electrons. The van der Waals surface area contributed by atoms with E-state index in [1.54, 1.807) is 32.9 Å². The van der Waals surface area contributed by atoms with Crippen LogP contribution in [0.25, 0.3) is 0 Å². The molecule has 0 saturated heterocycles. The van der Waals surface area contributed by atoms with E-state index < -0.39 is 6.04 Å². The van der Waals surface area contributed by atoms with Crippen molar-refractivity contribution >= 4 is 22.9 Å². The fourth-order valence-corrected chi connectivity index (χ4v) is 4.13. The van der Waals surface area contributed by atoms with Gasteiger partial charge in [0.1, 0.15) is 17.5 Å². The number of esters is 1. The Bertz CT molecular complexity index is 957. The van der Waals surface area contributed by atoms with E-state index >= 15 is 0 Å². The van der Waals surface area contributed by atoms with Crippen molar-refractivity contribution in [3.8, 4) is 11.5 Å². The van der Waals surface area contributed by atoms with Crippen molar-refractivity contribution in [2.75, 3.05) is 20.8 Å². The summed E-state index contributed by atoms with van der Waals surface area (Å²) in [5.74, 6) is 1.85. The minimum absolute atomic E-state index is 0.318. The predicted molar refractivity (Wildman–Crippen MR) is 120 cm³/mol. The number of nitrogens with zero attached hydrogens (tertiary/aromatic N) is 1. The van der Waals surface area contributed by atoms with Gasteiger partial charge in [0.05, 0.1) is 26.4 Å². The van der Waals surface area contributed by atoms with Crippen LogP contribution in [0.15, 0.2) is 64.8 Å². The Morgan fingerprint density at radius 3 is 2.57 bits per heavy atom. The zero-order chi connectivity index (χ0) is 21.5. The maximum Gasteiger partial charge on any atom is 0.338 e. The highest BCUT2D eigenvalue weighted by Gasteiger charge is 2.30. The molecule has 0 bridgehead atoms. The van der Waals surface area contributed by atoms with E-state index in [1.165, 1.54) is 0 Å². The van der Waals surface area contributed by atoms with Crippen molar-refractivity contribution in [2.45, 2.75) is 25.6 Å². The Morgan fingerprint density at radius 2 is 1.90 bits per heavy atom. The third-order valence-electron chi connectivity index (χ3n) is 4.68. The van der Waals surface area contributed by atoms with Crippen molar-refractivity contribution in [3.63, 3.8) is 0 Å². The van der Waals surface area contributed by atoms with Crippen molar-refractivity contribution in [1.82, 2.24) is 5.32 Å². The molecule has 6 nitrogen and oxygen atoms in total. The molecule has 0 saturated carbocycles. The van der Waals surface area contributed by atoms with Gasteiger partial charge < -0.3 is 19.5 Å². The fourth-order valence-electron chi connectivity index (χ4n) is 3.21. The second-order valence-corrected chi connectivity index (χ2v) is 7.56. The first-order valence-corrected chi connectivity index (χ1v) is 10.7. The summed E-state index contributed by atoms with van der Waals surface area (Å²) in [5, 5.41) is 4.00. The van der Waals surface area contributed by atoms with Crippen molar-refractivity contribution < 1.29 is 19.0 Å². The summed E-state index contributed by atoms with van der Waals surface area (Å²) >= 11 is 1.55. The van der Waals surface area contributed by atoms with Crippen LogP contribution in [0.1, 0.15) is 31.0 Å². The second-order valence-electron chi connectivity index (χ2n) is 6.60. The lowest BCUT2D eigenvalue weighted by Crippen LogP contribution is -2.30. The lowest BCUT2D eigenvalue weighted by atomic mass is 9.97. The van der Waals surface area contributed by atoms with Crippen molar-refractivity contribution in [1.29, 1.82) is 0 Å². The molecule has 0 aliphatic carbocycles. The molecule has 0 radical (unpaired) electrons. The molecule has 7 heteroatoms. The van der Waals surface area contributed by atoms with Gasteiger partial charge in [-0.25, -0.2) is 9.79 Å². The minimum atomic E-state index is -0.416. The fraction of sp³-hybridized carbons (Fsp3) is 0.304. The molecule has 0 unspecified atom stereocenters. The summed E-state index contributed by atoms with van der Waals surface area (Å²) in [6, 6.07) is 15.1. The van der Waals surface area contributed by atoms with Crippen LogP contribution in [0.2, 0.25) is 0 Å². The summed E-state index contributed by atoms with van der Waals surface area (Å²) in [7, 11) is 3.29. The number of benzene rings is 2. The maximum atomic E-state index is 12.6. The molecule has 1 N–H and O–H groups in total. The first-order chi connectivity index (χ1) is 14.6. The van der Waals surface area contributed by atoms with Crippen LogP contribution in [0.3, 0.4) is 0 Å². The van der Waals surface area contributed by atoms with Crippen LogP contribution < -0.4 is 14.8 Å². The molecule has 3 rings (SSSR count). The molecule has 1 aliphatic rings. The summed E-state index contributed by atoms with van der Waals surface area (Å²) in [4.78, 5) is 17.4. The number of carbonyl (C=O) groups is 1. The van der Waals surface area contributed by atoms with E-state index in [0.717, 1.165) is 33.5 Å². The van der Waals surface area contributed by atoms with E-state index in [9.17, 15) is 4.79 Å². The molecule has 1 heterocycles. The number of nitrogens with one attached hydrogen (secondary N) is 1. The molecule has 0 spiro atoms. The highest BCUT2D eigenvalue weighted by Crippen LogP contribution is 2.34. The zero-order valence-electron chi connectivity index (χ0n) is 17.6. The summed E-state index contributed by atoms with van der Waals surface area (Å²) in [6.45, 7) is 4.00. The molecule has 0 fully saturated rings. The van der Waals surface area contributed by atoms with E-state index in [0.29, 0.717) is 17.9 Å². The summed E-state index contributed by atoms with van der Waals surface area (Å²) in [5.41, 5.74) is 3.22. The molecule has 2 aromatic carbocycles. The highest BCUT2D eigenvalue weighted by molar-refractivity contribution is 8.13. The number of rotatable bonds is 7. The number of thioether (sulfide) groups is 1. The Labute approximate surface area is 181 Å². The number of amidine groups is 1. The minimum Gasteiger partial charge on any atom is -0.497 e. The molecular weight excluding hydrogens is 400 g/mol. The van der Waals surface area contributed by atoms with Crippen molar-refractivity contribution in [2.24, 2.45) is 4.99 Å². The third-order valence-corrected chi connectivity index (χ3v) is 5.62. The van der Waals surface area contributed by atoms with Crippen LogP contribution in [0, 0.1) is 0 Å². The molecule has 2 aromatic rings. The van der Waals surface area contributed by atoms with Gasteiger partial charge in [0, 0.05) is 17.0 Å². The molecular formula is C23H26N2O4S. The quantitative estimate of drug-likeness (QED) is 0.659. The molecule has 1 aliphatic heterocycles. The average molecular weight is 427 g/mol. The van der Waals surface area contributed by atoms with E-state index in [2.05, 4.69) is 5.32 Å². The van der Waals surface area contributed by atoms with Crippen molar-refractivity contribution in [3.05, 3.63) is 70.9 Å². The Kier molecular flexibility index (Phi) is 7.41. The van der Waals surface area contributed by atoms with Crippen LogP contribution in [0.5, 0.6) is 11.5 Å². The Hall–Kier alpha value is -2.93. The highest BCUT2D eigenvalue weighted by atomic mass is 32.2. The van der Waals surface area contributed by atoms with Gasteiger partial charge in [-0.05, 0) is 37.6 Å². The SMILES string of the molecule is CCOC(=O)C1=C(C)NC(SCc2cc(OC)ccc2OC)=N[C@@H]1c1ccccc1. The number of methoxy groups -OCH3 is 2. The summed E-state index contributed by atoms with van der Waals surface area (Å²) in [6.07, 6.45) is 0. The number of ether oxygens (including phenoxy) is 3. The largest absolute Gasteiger partial charge is 0.497 e. The normalized spacial score (nSPS) is 15.9. The number of allylic oxidation sites excluding steroid dienone is 1. The predicted octanol–water partition coefficient (Wildman–Crippen LogP) is 4.47. The lowest BCUT2D eigenvalue weighted by Gasteiger charge is -2.26. The monoisotopic (exact) mass is 426 g/mol. The number of aliphatic imine (C=N–C) groups is 1. The topological polar surface area (TPSA) is 69.2 Å². The second kappa shape index (κ2) is 10.2. The van der Waals surface area contributed by atoms with Crippen LogP contribution >= 0.6 is 11.8 Å². The Morgan fingerprint density at radius 1 is 1.13 bits per heavy atom. The van der Waals surface area contributed by atoms with Gasteiger partial charge in [-0.3, -0.25) is 0 Å². The molecule has 1 atom stereocenters. The van der Waals surface area contributed by atoms with Gasteiger partial charge in [0.25, 0.3) is 0 Å². The molecule has 0 aromatic heterocycles. The molecule has 30 heavy (non-hydrogen) atoms. The van der Waals surface area contributed by atoms with Gasteiger partial charge in [-0.15, -0.1) is 0 Å². The Balaban J connectivity index is 1.87. The number of hydrogen-bond donors (Lipinski definition) is 1. The summed E-state index contributed by atoms with van der Waals surface area (Å²) < 4.78 is 16.1. The first kappa shape index (κ1) is 21.8. The standard InChI is InChI=1S/C23H26N2O4S/c1-5-29-22(26)20-15(2)24-23(25-21(20)16-9-7-6-8-10-16)30-14-17-13-18(27-3)11-12-19(17)28-4/h6-13,21H,5,14H2,1-4H3,(H,24,25)/t21-/m1/s1. The first-order valence-electron chi connectivity index (χ1n) is 9.68. The van der Waals surface area contributed by atoms with Crippen LogP contribution in [0.4, 0.5) is 0 Å². The van der Waals surface area contributed by atoms with Gasteiger partial charge in [0.15, 0.2) is 5.17 Å². The average Bonchev–Trinajstić information content (AvgIpc) is 2.77. The van der Waals surface area contributed by atoms with Gasteiger partial charge in [-0.1, -0.05) is 42.1 Å². The molecule has 0 amide bonds. The smallest absolute Gasteiger partial charge is 0.338 e. The van der Waals surface area contributed by atoms with E-state index in [-0.39, 0.29) is 5.97 Å². The zero-order valence-corrected chi connectivity index (χ0v) is 18.4. The van der Waals surface area contributed by atoms with E-state index in [1.807, 2.05) is 55.5 Å². The maximum absolute atomic E-state index is 12.6. The van der Waals surface area contributed by atoms with Crippen LogP contribution in [-0.4, -0.2) is 32.0 Å². The number of hydrogen-bond acceptors (Lipinski definition) is 7. The van der Waals surface area contributed by atoms with Crippen LogP contribution in [-0.2, 0) is 15.3 Å². The lowest BCUT2D eigenvalue weighted by molar-refractivity contribution is -0.138. The van der Waals surface area contributed by atoms with Gasteiger partial charge >= 0.3 is 5.97 Å². The van der Waals surface area contributed by atoms with Gasteiger partial charge in [-0.2, -0.15) is 0 Å².